The molecule has 0 spiro atoms. The normalized spacial score (nSPS) is 20.8. The van der Waals surface area contributed by atoms with Gasteiger partial charge < -0.3 is 15.1 Å². The van der Waals surface area contributed by atoms with Crippen molar-refractivity contribution in [3.8, 4) is 11.3 Å². The van der Waals surface area contributed by atoms with E-state index < -0.39 is 10.0 Å². The number of halogens is 1. The number of unbranched alkanes of at least 4 members (excludes halogenated alkanes) is 1. The van der Waals surface area contributed by atoms with Gasteiger partial charge >= 0.3 is 0 Å². The molecule has 4 aliphatic rings. The average molecular weight is 659 g/mol. The van der Waals surface area contributed by atoms with Crippen LogP contribution in [0, 0.1) is 0 Å². The quantitative estimate of drug-likeness (QED) is 0.310. The van der Waals surface area contributed by atoms with Crippen LogP contribution in [0.15, 0.2) is 18.2 Å². The van der Waals surface area contributed by atoms with E-state index in [4.69, 9.17) is 16.7 Å². The smallest absolute Gasteiger partial charge is 0.222 e. The highest BCUT2D eigenvalue weighted by molar-refractivity contribution is 7.88. The average Bonchev–Trinajstić information content (AvgIpc) is 3.78. The van der Waals surface area contributed by atoms with Crippen LogP contribution in [-0.4, -0.2) is 95.8 Å². The molecule has 4 heterocycles. The molecule has 1 N–H and O–H groups in total. The van der Waals surface area contributed by atoms with Crippen LogP contribution in [0.1, 0.15) is 87.4 Å². The number of sulfonamides is 1. The van der Waals surface area contributed by atoms with Gasteiger partial charge in [0, 0.05) is 86.0 Å². The molecule has 1 aromatic carbocycles. The summed E-state index contributed by atoms with van der Waals surface area (Å²) >= 11 is 6.67. The Kier molecular flexibility index (Phi) is 10.9. The molecule has 0 atom stereocenters. The minimum Gasteiger partial charge on any atom is -0.340 e. The van der Waals surface area contributed by atoms with Crippen LogP contribution in [-0.2, 0) is 40.7 Å². The lowest BCUT2D eigenvalue weighted by Gasteiger charge is -2.36. The Balaban J connectivity index is 1.10. The number of hydrogen-bond donors (Lipinski definition) is 1. The predicted molar refractivity (Wildman–Crippen MR) is 180 cm³/mol. The summed E-state index contributed by atoms with van der Waals surface area (Å²) in [6, 6.07) is 7.30. The van der Waals surface area contributed by atoms with Crippen LogP contribution in [0.5, 0.6) is 0 Å². The van der Waals surface area contributed by atoms with Crippen molar-refractivity contribution in [3.63, 3.8) is 0 Å². The van der Waals surface area contributed by atoms with Crippen molar-refractivity contribution >= 4 is 27.5 Å². The monoisotopic (exact) mass is 658 g/mol. The lowest BCUT2D eigenvalue weighted by Crippen LogP contribution is -2.45. The van der Waals surface area contributed by atoms with Crippen LogP contribution < -0.4 is 5.32 Å². The molecule has 6 rings (SSSR count). The fraction of sp³-hybridized carbons (Fsp3) is 0.706. The van der Waals surface area contributed by atoms with Crippen molar-refractivity contribution in [3.05, 3.63) is 40.0 Å². The highest BCUT2D eigenvalue weighted by Gasteiger charge is 2.32. The third kappa shape index (κ3) is 8.12. The number of nitrogens with zero attached hydrogens (tertiary/aromatic N) is 5. The van der Waals surface area contributed by atoms with Gasteiger partial charge in [-0.2, -0.15) is 9.40 Å². The number of benzene rings is 1. The number of aryl methyl sites for hydroxylation is 2. The van der Waals surface area contributed by atoms with E-state index in [0.29, 0.717) is 43.9 Å². The van der Waals surface area contributed by atoms with Gasteiger partial charge in [-0.05, 0) is 88.6 Å². The van der Waals surface area contributed by atoms with Gasteiger partial charge in [-0.1, -0.05) is 30.5 Å². The van der Waals surface area contributed by atoms with Crippen molar-refractivity contribution in [2.45, 2.75) is 109 Å². The summed E-state index contributed by atoms with van der Waals surface area (Å²) in [7, 11) is -3.30. The first-order valence-corrected chi connectivity index (χ1v) is 19.6. The van der Waals surface area contributed by atoms with Crippen LogP contribution in [0.25, 0.3) is 11.3 Å². The van der Waals surface area contributed by atoms with Gasteiger partial charge in [-0.3, -0.25) is 9.48 Å². The topological polar surface area (TPSA) is 90.8 Å². The van der Waals surface area contributed by atoms with E-state index in [0.717, 1.165) is 117 Å². The summed E-state index contributed by atoms with van der Waals surface area (Å²) in [6.07, 6.45) is 15.2. The van der Waals surface area contributed by atoms with E-state index in [1.54, 1.807) is 4.31 Å². The molecule has 9 nitrogen and oxygen atoms in total. The van der Waals surface area contributed by atoms with E-state index >= 15 is 0 Å². The number of hydrogen-bond acceptors (Lipinski definition) is 6. The van der Waals surface area contributed by atoms with Gasteiger partial charge in [0.25, 0.3) is 0 Å². The van der Waals surface area contributed by atoms with Gasteiger partial charge in [0.05, 0.1) is 11.9 Å². The summed E-state index contributed by atoms with van der Waals surface area (Å²) in [6.45, 7) is 6.70. The SMILES string of the molecule is CS(=O)(=O)N1CCc2c(c(-c3ccc(Cl)c(CCCCNC4CCCC4)c3)nn2CCCN2CCC(N3CCCC3=O)CC2)C1. The van der Waals surface area contributed by atoms with Crippen molar-refractivity contribution < 1.29 is 13.2 Å². The number of amides is 1. The molecular formula is C34H51ClN6O3S. The minimum atomic E-state index is -3.30. The van der Waals surface area contributed by atoms with E-state index in [9.17, 15) is 13.2 Å². The second-order valence-corrected chi connectivity index (χ2v) is 16.0. The molecule has 2 saturated heterocycles. The van der Waals surface area contributed by atoms with Gasteiger partial charge in [-0.15, -0.1) is 0 Å². The molecule has 1 aliphatic carbocycles. The Hall–Kier alpha value is -1.98. The molecule has 45 heavy (non-hydrogen) atoms. The number of fused-ring (bicyclic) bond motifs is 1. The Labute approximate surface area is 274 Å². The number of nitrogens with one attached hydrogen (secondary N) is 1. The lowest BCUT2D eigenvalue weighted by atomic mass is 9.99. The number of carbonyl (C=O) groups is 1. The third-order valence-corrected chi connectivity index (χ3v) is 12.1. The standard InChI is InChI=1S/C34H51ClN6O3S/c1-45(43,44)39-23-16-32-30(25-39)34(27-12-13-31(35)26(24-27)8-4-5-17-36-28-9-2-3-10-28)37-41(32)20-7-18-38-21-14-29(15-22-38)40-19-6-11-33(40)42/h12-13,24,28-29,36H,2-11,14-23,25H2,1H3. The summed E-state index contributed by atoms with van der Waals surface area (Å²) in [5.74, 6) is 0.335. The number of rotatable bonds is 13. The molecule has 3 aliphatic heterocycles. The molecule has 0 unspecified atom stereocenters. The van der Waals surface area contributed by atoms with E-state index in [1.807, 2.05) is 12.1 Å². The number of carbonyl (C=O) groups excluding carboxylic acids is 1. The first-order valence-electron chi connectivity index (χ1n) is 17.3. The minimum absolute atomic E-state index is 0.335. The van der Waals surface area contributed by atoms with Gasteiger partial charge in [0.1, 0.15) is 0 Å². The molecule has 3 fully saturated rings. The zero-order chi connectivity index (χ0) is 31.4. The summed E-state index contributed by atoms with van der Waals surface area (Å²) < 4.78 is 28.8. The fourth-order valence-corrected chi connectivity index (χ4v) is 8.91. The maximum atomic E-state index is 12.5. The van der Waals surface area contributed by atoms with Crippen LogP contribution in [0.4, 0.5) is 0 Å². The molecule has 0 bridgehead atoms. The zero-order valence-corrected chi connectivity index (χ0v) is 28.6. The molecule has 1 aromatic heterocycles. The van der Waals surface area contributed by atoms with Crippen LogP contribution in [0.2, 0.25) is 5.02 Å². The number of piperidine rings is 1. The summed E-state index contributed by atoms with van der Waals surface area (Å²) in [5, 5.41) is 9.63. The second kappa shape index (κ2) is 14.8. The highest BCUT2D eigenvalue weighted by Crippen LogP contribution is 2.33. The van der Waals surface area contributed by atoms with Gasteiger partial charge in [0.2, 0.25) is 15.9 Å². The van der Waals surface area contributed by atoms with Crippen molar-refractivity contribution in [2.75, 3.05) is 45.5 Å². The summed E-state index contributed by atoms with van der Waals surface area (Å²) in [4.78, 5) is 16.8. The molecular weight excluding hydrogens is 608 g/mol. The Morgan fingerprint density at radius 2 is 1.76 bits per heavy atom. The molecule has 1 amide bonds. The fourth-order valence-electron chi connectivity index (χ4n) is 7.91. The van der Waals surface area contributed by atoms with Crippen molar-refractivity contribution in [1.82, 2.24) is 29.2 Å². The Morgan fingerprint density at radius 3 is 2.49 bits per heavy atom. The maximum absolute atomic E-state index is 12.5. The molecule has 1 saturated carbocycles. The first kappa shape index (κ1) is 32.9. The second-order valence-electron chi connectivity index (χ2n) is 13.7. The van der Waals surface area contributed by atoms with Crippen LogP contribution >= 0.6 is 11.6 Å². The summed E-state index contributed by atoms with van der Waals surface area (Å²) in [5.41, 5.74) is 5.22. The van der Waals surface area contributed by atoms with Crippen molar-refractivity contribution in [2.24, 2.45) is 0 Å². The van der Waals surface area contributed by atoms with E-state index in [1.165, 1.54) is 31.9 Å². The molecule has 0 radical (unpaired) electrons. The highest BCUT2D eigenvalue weighted by atomic mass is 35.5. The van der Waals surface area contributed by atoms with Gasteiger partial charge in [-0.25, -0.2) is 8.42 Å². The molecule has 11 heteroatoms. The van der Waals surface area contributed by atoms with Gasteiger partial charge in [0.15, 0.2) is 0 Å². The predicted octanol–water partition coefficient (Wildman–Crippen LogP) is 4.85. The zero-order valence-electron chi connectivity index (χ0n) is 27.0. The van der Waals surface area contributed by atoms with Crippen LogP contribution in [0.3, 0.4) is 0 Å². The largest absolute Gasteiger partial charge is 0.340 e. The Morgan fingerprint density at radius 1 is 0.956 bits per heavy atom. The lowest BCUT2D eigenvalue weighted by molar-refractivity contribution is -0.130. The third-order valence-electron chi connectivity index (χ3n) is 10.5. The molecule has 248 valence electrons. The van der Waals surface area contributed by atoms with E-state index in [2.05, 4.69) is 25.9 Å². The maximum Gasteiger partial charge on any atom is 0.222 e. The first-order chi connectivity index (χ1) is 21.8. The number of aromatic nitrogens is 2. The van der Waals surface area contributed by atoms with Crippen molar-refractivity contribution in [1.29, 1.82) is 0 Å². The Bertz CT molecular complexity index is 1430. The van der Waals surface area contributed by atoms with E-state index in [-0.39, 0.29) is 0 Å². The number of likely N-dealkylation sites (tertiary alicyclic amines) is 2. The molecule has 2 aromatic rings.